The van der Waals surface area contributed by atoms with Gasteiger partial charge in [0.05, 0.1) is 34.0 Å². The van der Waals surface area contributed by atoms with Crippen LogP contribution in [0.3, 0.4) is 0 Å². The number of ketones is 1. The molecule has 0 spiro atoms. The molecule has 1 N–H and O–H groups in total. The summed E-state index contributed by atoms with van der Waals surface area (Å²) in [6.45, 7) is 0. The number of thiazole rings is 1. The Hall–Kier alpha value is -4.28. The van der Waals surface area contributed by atoms with Crippen molar-refractivity contribution in [3.63, 3.8) is 0 Å². The molecule has 1 atom stereocenters. The number of para-hydroxylation sites is 1. The maximum absolute atomic E-state index is 14.1. The number of halogens is 2. The van der Waals surface area contributed by atoms with Crippen molar-refractivity contribution in [2.75, 3.05) is 12.0 Å². The van der Waals surface area contributed by atoms with Crippen LogP contribution in [0.2, 0.25) is 5.02 Å². The summed E-state index contributed by atoms with van der Waals surface area (Å²) in [5, 5.41) is 11.6. The van der Waals surface area contributed by atoms with Crippen molar-refractivity contribution in [3.05, 3.63) is 94.4 Å². The van der Waals surface area contributed by atoms with Gasteiger partial charge in [0.15, 0.2) is 28.0 Å². The van der Waals surface area contributed by atoms with Crippen molar-refractivity contribution < 1.29 is 28.2 Å². The first kappa shape index (κ1) is 23.1. The molecule has 0 fully saturated rings. The minimum atomic E-state index is -1.04. The molecular weight excluding hydrogens is 521 g/mol. The highest BCUT2D eigenvalue weighted by molar-refractivity contribution is 7.22. The van der Waals surface area contributed by atoms with E-state index in [1.807, 2.05) is 0 Å². The Balaban J connectivity index is 1.50. The molecule has 11 heteroatoms. The molecule has 6 rings (SSSR count). The molecule has 0 bridgehead atoms. The summed E-state index contributed by atoms with van der Waals surface area (Å²) < 4.78 is 25.6. The summed E-state index contributed by atoms with van der Waals surface area (Å²) in [4.78, 5) is 36.8. The number of benzene rings is 2. The second-order valence-electron chi connectivity index (χ2n) is 8.17. The number of ether oxygens (including phenoxy) is 1. The van der Waals surface area contributed by atoms with Crippen LogP contribution in [-0.2, 0) is 4.79 Å². The summed E-state index contributed by atoms with van der Waals surface area (Å²) >= 11 is 6.94. The van der Waals surface area contributed by atoms with E-state index in [9.17, 15) is 19.1 Å². The highest BCUT2D eigenvalue weighted by atomic mass is 35.5. The second kappa shape index (κ2) is 8.68. The van der Waals surface area contributed by atoms with Crippen LogP contribution in [0.25, 0.3) is 21.2 Å². The molecule has 1 aliphatic heterocycles. The Kier molecular flexibility index (Phi) is 5.43. The van der Waals surface area contributed by atoms with Gasteiger partial charge in [-0.2, -0.15) is 0 Å². The van der Waals surface area contributed by atoms with E-state index >= 15 is 0 Å². The van der Waals surface area contributed by atoms with Gasteiger partial charge in [-0.25, -0.2) is 9.37 Å². The first-order chi connectivity index (χ1) is 17.9. The summed E-state index contributed by atoms with van der Waals surface area (Å²) in [5.41, 5.74) is 1.06. The number of carbonyl (C=O) groups is 2. The lowest BCUT2D eigenvalue weighted by Crippen LogP contribution is -2.30. The lowest BCUT2D eigenvalue weighted by Gasteiger charge is -2.24. The van der Waals surface area contributed by atoms with E-state index in [0.29, 0.717) is 32.5 Å². The first-order valence-electron chi connectivity index (χ1n) is 10.9. The molecule has 8 nitrogen and oxygen atoms in total. The molecule has 0 radical (unpaired) electrons. The van der Waals surface area contributed by atoms with Gasteiger partial charge < -0.3 is 14.3 Å². The van der Waals surface area contributed by atoms with Crippen LogP contribution in [0.15, 0.2) is 76.7 Å². The number of aliphatic hydroxyl groups excluding tert-OH is 1. The van der Waals surface area contributed by atoms with Crippen molar-refractivity contribution >= 4 is 60.9 Å². The lowest BCUT2D eigenvalue weighted by molar-refractivity contribution is -0.117. The van der Waals surface area contributed by atoms with Gasteiger partial charge >= 0.3 is 0 Å². The Morgan fingerprint density at radius 3 is 2.76 bits per heavy atom. The number of methoxy groups -OCH3 is 1. The topological polar surface area (TPSA) is 106 Å². The SMILES string of the molecule is COc1cccc2cc(C(=O)C3=C(O)C(=O)N(c4nc5cc(Cl)c(F)cc5s4)C3c3ccncc3)oc12. The Morgan fingerprint density at radius 2 is 2.00 bits per heavy atom. The number of anilines is 1. The van der Waals surface area contributed by atoms with Crippen LogP contribution in [0.1, 0.15) is 22.2 Å². The fourth-order valence-corrected chi connectivity index (χ4v) is 5.51. The van der Waals surface area contributed by atoms with Crippen LogP contribution in [0.5, 0.6) is 5.75 Å². The van der Waals surface area contributed by atoms with E-state index in [2.05, 4.69) is 9.97 Å². The van der Waals surface area contributed by atoms with Crippen LogP contribution in [-0.4, -0.2) is 33.9 Å². The largest absolute Gasteiger partial charge is 0.503 e. The van der Waals surface area contributed by atoms with Crippen LogP contribution < -0.4 is 9.64 Å². The molecule has 4 heterocycles. The summed E-state index contributed by atoms with van der Waals surface area (Å²) in [6.07, 6.45) is 3.02. The van der Waals surface area contributed by atoms with Gasteiger partial charge in [-0.15, -0.1) is 0 Å². The molecule has 1 aliphatic rings. The lowest BCUT2D eigenvalue weighted by atomic mass is 9.96. The Labute approximate surface area is 217 Å². The van der Waals surface area contributed by atoms with E-state index in [1.165, 1.54) is 42.6 Å². The van der Waals surface area contributed by atoms with Gasteiger partial charge in [0.1, 0.15) is 5.82 Å². The molecule has 1 amide bonds. The molecular formula is C26H15ClFN3O5S. The number of pyridine rings is 1. The van der Waals surface area contributed by atoms with Crippen molar-refractivity contribution in [1.29, 1.82) is 0 Å². The Bertz CT molecular complexity index is 1730. The number of hydrogen-bond donors (Lipinski definition) is 1. The maximum atomic E-state index is 14.1. The third kappa shape index (κ3) is 3.64. The van der Waals surface area contributed by atoms with Crippen molar-refractivity contribution in [2.24, 2.45) is 0 Å². The van der Waals surface area contributed by atoms with Gasteiger partial charge in [-0.05, 0) is 42.0 Å². The molecule has 3 aromatic heterocycles. The number of fused-ring (bicyclic) bond motifs is 2. The number of rotatable bonds is 5. The van der Waals surface area contributed by atoms with Gasteiger partial charge in [0.2, 0.25) is 5.78 Å². The average molecular weight is 536 g/mol. The fourth-order valence-electron chi connectivity index (χ4n) is 4.35. The molecule has 5 aromatic rings. The van der Waals surface area contributed by atoms with Gasteiger partial charge in [-0.3, -0.25) is 19.5 Å². The standard InChI is InChI=1S/C26H15ClFN3O5S/c1-35-17-4-2-3-13-9-18(36-24(13)17)22(32)20-21(12-5-7-29-8-6-12)31(25(34)23(20)33)26-30-16-10-14(27)15(28)11-19(16)37-26/h2-11,21,33H,1H3. The number of furan rings is 1. The van der Waals surface area contributed by atoms with E-state index in [0.717, 1.165) is 11.3 Å². The van der Waals surface area contributed by atoms with Gasteiger partial charge in [-0.1, -0.05) is 35.1 Å². The number of amides is 1. The zero-order valence-electron chi connectivity index (χ0n) is 18.9. The molecule has 184 valence electrons. The smallest absolute Gasteiger partial charge is 0.296 e. The number of nitrogens with zero attached hydrogens (tertiary/aromatic N) is 3. The summed E-state index contributed by atoms with van der Waals surface area (Å²) in [6, 6.07) is 11.5. The molecule has 37 heavy (non-hydrogen) atoms. The fraction of sp³-hybridized carbons (Fsp3) is 0.0769. The van der Waals surface area contributed by atoms with Crippen LogP contribution >= 0.6 is 22.9 Å². The number of Topliss-reactive ketones (excluding diaryl/α,β-unsaturated/α-hetero) is 1. The zero-order chi connectivity index (χ0) is 25.8. The minimum Gasteiger partial charge on any atom is -0.503 e. The van der Waals surface area contributed by atoms with E-state index in [4.69, 9.17) is 20.8 Å². The zero-order valence-corrected chi connectivity index (χ0v) is 20.5. The molecule has 1 unspecified atom stereocenters. The molecule has 0 aliphatic carbocycles. The number of hydrogen-bond acceptors (Lipinski definition) is 8. The molecule has 0 saturated carbocycles. The third-order valence-corrected chi connectivity index (χ3v) is 7.36. The summed E-state index contributed by atoms with van der Waals surface area (Å²) in [7, 11) is 1.48. The second-order valence-corrected chi connectivity index (χ2v) is 9.59. The predicted molar refractivity (Wildman–Crippen MR) is 136 cm³/mol. The minimum absolute atomic E-state index is 0.0760. The number of carbonyl (C=O) groups excluding carboxylic acids is 2. The van der Waals surface area contributed by atoms with E-state index in [1.54, 1.807) is 30.3 Å². The van der Waals surface area contributed by atoms with Crippen molar-refractivity contribution in [1.82, 2.24) is 9.97 Å². The van der Waals surface area contributed by atoms with Crippen LogP contribution in [0.4, 0.5) is 9.52 Å². The highest BCUT2D eigenvalue weighted by Crippen LogP contribution is 2.45. The van der Waals surface area contributed by atoms with Gasteiger partial charge in [0, 0.05) is 17.8 Å². The summed E-state index contributed by atoms with van der Waals surface area (Å²) in [5.74, 6) is -2.51. The van der Waals surface area contributed by atoms with Crippen LogP contribution in [0, 0.1) is 5.82 Å². The third-order valence-electron chi connectivity index (χ3n) is 6.05. The monoisotopic (exact) mass is 535 g/mol. The highest BCUT2D eigenvalue weighted by Gasteiger charge is 2.46. The number of aromatic nitrogens is 2. The Morgan fingerprint density at radius 1 is 1.22 bits per heavy atom. The maximum Gasteiger partial charge on any atom is 0.296 e. The van der Waals surface area contributed by atoms with Gasteiger partial charge in [0.25, 0.3) is 5.91 Å². The van der Waals surface area contributed by atoms with Crippen molar-refractivity contribution in [2.45, 2.75) is 6.04 Å². The normalized spacial score (nSPS) is 15.8. The van der Waals surface area contributed by atoms with E-state index < -0.39 is 29.3 Å². The number of aliphatic hydroxyl groups is 1. The van der Waals surface area contributed by atoms with E-state index in [-0.39, 0.29) is 21.5 Å². The average Bonchev–Trinajstić information content (AvgIpc) is 3.58. The molecule has 2 aromatic carbocycles. The quantitative estimate of drug-likeness (QED) is 0.274. The molecule has 0 saturated heterocycles. The van der Waals surface area contributed by atoms with Crippen molar-refractivity contribution in [3.8, 4) is 5.75 Å². The predicted octanol–water partition coefficient (Wildman–Crippen LogP) is 6.02. The first-order valence-corrected chi connectivity index (χ1v) is 12.1.